The molecule has 130 valence electrons. The number of pyridine rings is 2. The van der Waals surface area contributed by atoms with Gasteiger partial charge >= 0.3 is 0 Å². The van der Waals surface area contributed by atoms with Gasteiger partial charge in [0, 0.05) is 29.0 Å². The van der Waals surface area contributed by atoms with Crippen LogP contribution in [0.15, 0.2) is 42.6 Å². The predicted molar refractivity (Wildman–Crippen MR) is 95.1 cm³/mol. The molecule has 0 bridgehead atoms. The fraction of sp³-hybridized carbons (Fsp3) is 0.105. The van der Waals surface area contributed by atoms with Crippen molar-refractivity contribution in [1.82, 2.24) is 9.97 Å². The van der Waals surface area contributed by atoms with Gasteiger partial charge in [0.2, 0.25) is 5.88 Å². The molecule has 2 N–H and O–H groups in total. The summed E-state index contributed by atoms with van der Waals surface area (Å²) in [6.45, 7) is 0. The van der Waals surface area contributed by atoms with Crippen LogP contribution in [0.4, 0.5) is 10.2 Å². The molecule has 0 fully saturated rings. The first kappa shape index (κ1) is 17.2. The predicted octanol–water partition coefficient (Wildman–Crippen LogP) is 3.42. The summed E-state index contributed by atoms with van der Waals surface area (Å²) in [7, 11) is 2.91. The molecule has 2 aromatic heterocycles. The first-order valence-electron chi connectivity index (χ1n) is 7.62. The number of anilines is 1. The first-order valence-corrected chi connectivity index (χ1v) is 7.62. The third kappa shape index (κ3) is 3.13. The minimum Gasteiger partial charge on any atom is -0.494 e. The highest BCUT2D eigenvalue weighted by atomic mass is 19.1. The fourth-order valence-corrected chi connectivity index (χ4v) is 2.54. The average Bonchev–Trinajstić information content (AvgIpc) is 2.67. The normalized spacial score (nSPS) is 10.2. The summed E-state index contributed by atoms with van der Waals surface area (Å²) in [6, 6.07) is 11.7. The largest absolute Gasteiger partial charge is 0.494 e. The quantitative estimate of drug-likeness (QED) is 0.775. The Morgan fingerprint density at radius 3 is 2.42 bits per heavy atom. The van der Waals surface area contributed by atoms with E-state index in [1.165, 1.54) is 26.4 Å². The summed E-state index contributed by atoms with van der Waals surface area (Å²) in [5.74, 6) is 0.135. The highest BCUT2D eigenvalue weighted by Gasteiger charge is 2.15. The Kier molecular flexibility index (Phi) is 4.67. The summed E-state index contributed by atoms with van der Waals surface area (Å²) < 4.78 is 24.0. The number of nitriles is 1. The van der Waals surface area contributed by atoms with Crippen LogP contribution in [0.25, 0.3) is 22.4 Å². The van der Waals surface area contributed by atoms with Crippen LogP contribution < -0.4 is 15.2 Å². The summed E-state index contributed by atoms with van der Waals surface area (Å²) in [5.41, 5.74) is 8.38. The van der Waals surface area contributed by atoms with Crippen molar-refractivity contribution in [3.05, 3.63) is 54.0 Å². The number of methoxy groups -OCH3 is 2. The number of nitrogen functional groups attached to an aromatic ring is 1. The molecule has 6 nitrogen and oxygen atoms in total. The third-order valence-corrected chi connectivity index (χ3v) is 3.86. The number of hydrogen-bond acceptors (Lipinski definition) is 6. The van der Waals surface area contributed by atoms with E-state index in [0.29, 0.717) is 28.3 Å². The van der Waals surface area contributed by atoms with Gasteiger partial charge in [0.15, 0.2) is 11.6 Å². The van der Waals surface area contributed by atoms with Crippen LogP contribution in [0.5, 0.6) is 11.6 Å². The molecule has 3 aromatic rings. The molecule has 1 aromatic carbocycles. The zero-order valence-corrected chi connectivity index (χ0v) is 14.2. The third-order valence-electron chi connectivity index (χ3n) is 3.86. The molecular formula is C19H15FN4O2. The molecule has 7 heteroatoms. The molecule has 0 aliphatic rings. The number of hydrogen-bond donors (Lipinski definition) is 1. The highest BCUT2D eigenvalue weighted by molar-refractivity contribution is 5.80. The average molecular weight is 350 g/mol. The van der Waals surface area contributed by atoms with E-state index < -0.39 is 5.82 Å². The minimum atomic E-state index is -0.512. The van der Waals surface area contributed by atoms with Crippen LogP contribution in [-0.4, -0.2) is 24.2 Å². The van der Waals surface area contributed by atoms with Gasteiger partial charge in [-0.1, -0.05) is 0 Å². The molecule has 26 heavy (non-hydrogen) atoms. The zero-order chi connectivity index (χ0) is 18.7. The Bertz CT molecular complexity index is 998. The second kappa shape index (κ2) is 7.07. The topological polar surface area (TPSA) is 94.0 Å². The Hall–Kier alpha value is -3.66. The number of aromatic nitrogens is 2. The van der Waals surface area contributed by atoms with E-state index in [0.717, 1.165) is 0 Å². The molecule has 2 heterocycles. The van der Waals surface area contributed by atoms with Gasteiger partial charge in [-0.05, 0) is 30.3 Å². The van der Waals surface area contributed by atoms with Gasteiger partial charge in [-0.15, -0.1) is 0 Å². The number of ether oxygens (including phenoxy) is 2. The number of benzene rings is 1. The Morgan fingerprint density at radius 2 is 1.85 bits per heavy atom. The fourth-order valence-electron chi connectivity index (χ4n) is 2.54. The highest BCUT2D eigenvalue weighted by Crippen LogP contribution is 2.32. The van der Waals surface area contributed by atoms with Gasteiger partial charge < -0.3 is 15.2 Å². The van der Waals surface area contributed by atoms with E-state index in [4.69, 9.17) is 15.2 Å². The summed E-state index contributed by atoms with van der Waals surface area (Å²) in [4.78, 5) is 8.38. The maximum absolute atomic E-state index is 14.0. The molecule has 0 saturated carbocycles. The Morgan fingerprint density at radius 1 is 1.08 bits per heavy atom. The van der Waals surface area contributed by atoms with Gasteiger partial charge in [-0.3, -0.25) is 0 Å². The van der Waals surface area contributed by atoms with E-state index in [9.17, 15) is 9.65 Å². The van der Waals surface area contributed by atoms with E-state index >= 15 is 0 Å². The molecule has 0 aliphatic heterocycles. The van der Waals surface area contributed by atoms with Gasteiger partial charge in [-0.25, -0.2) is 14.4 Å². The van der Waals surface area contributed by atoms with Crippen LogP contribution >= 0.6 is 0 Å². The standard InChI is InChI=1S/C19H15FN4O2/c1-25-17-5-3-11(7-15(17)20)16-8-13(14(9-21)19(22)24-16)12-4-6-18(26-2)23-10-12/h3-8,10H,1-2H3,(H2,22,24). The SMILES string of the molecule is COc1ccc(-c2cc(-c3ccc(OC)c(F)c3)nc(N)c2C#N)cn1. The maximum atomic E-state index is 14.0. The summed E-state index contributed by atoms with van der Waals surface area (Å²) in [5, 5.41) is 9.44. The van der Waals surface area contributed by atoms with Crippen molar-refractivity contribution in [2.24, 2.45) is 0 Å². The lowest BCUT2D eigenvalue weighted by Crippen LogP contribution is -2.00. The molecular weight excluding hydrogens is 335 g/mol. The molecule has 0 atom stereocenters. The van der Waals surface area contributed by atoms with Gasteiger partial charge in [0.25, 0.3) is 0 Å². The van der Waals surface area contributed by atoms with Crippen LogP contribution in [-0.2, 0) is 0 Å². The molecule has 0 unspecified atom stereocenters. The molecule has 0 radical (unpaired) electrons. The number of rotatable bonds is 4. The van der Waals surface area contributed by atoms with E-state index in [2.05, 4.69) is 16.0 Å². The van der Waals surface area contributed by atoms with Crippen LogP contribution in [0, 0.1) is 17.1 Å². The number of halogens is 1. The van der Waals surface area contributed by atoms with Crippen LogP contribution in [0.2, 0.25) is 0 Å². The number of nitrogens with two attached hydrogens (primary N) is 1. The van der Waals surface area contributed by atoms with E-state index in [1.54, 1.807) is 30.5 Å². The second-order valence-corrected chi connectivity index (χ2v) is 5.37. The molecule has 0 aliphatic carbocycles. The van der Waals surface area contributed by atoms with Gasteiger partial charge in [-0.2, -0.15) is 5.26 Å². The van der Waals surface area contributed by atoms with Crippen molar-refractivity contribution in [1.29, 1.82) is 5.26 Å². The van der Waals surface area contributed by atoms with Gasteiger partial charge in [0.1, 0.15) is 17.5 Å². The smallest absolute Gasteiger partial charge is 0.212 e. The monoisotopic (exact) mass is 350 g/mol. The van der Waals surface area contributed by atoms with Crippen molar-refractivity contribution in [3.8, 4) is 40.1 Å². The van der Waals surface area contributed by atoms with Crippen LogP contribution in [0.1, 0.15) is 5.56 Å². The summed E-state index contributed by atoms with van der Waals surface area (Å²) >= 11 is 0. The van der Waals surface area contributed by atoms with Crippen LogP contribution in [0.3, 0.4) is 0 Å². The Balaban J connectivity index is 2.15. The number of nitrogens with zero attached hydrogens (tertiary/aromatic N) is 3. The van der Waals surface area contributed by atoms with Gasteiger partial charge in [0.05, 0.1) is 19.9 Å². The van der Waals surface area contributed by atoms with Crippen molar-refractivity contribution in [3.63, 3.8) is 0 Å². The van der Waals surface area contributed by atoms with E-state index in [-0.39, 0.29) is 17.1 Å². The van der Waals surface area contributed by atoms with Crippen molar-refractivity contribution >= 4 is 5.82 Å². The Labute approximate surface area is 149 Å². The lowest BCUT2D eigenvalue weighted by Gasteiger charge is -2.11. The molecule has 0 amide bonds. The minimum absolute atomic E-state index is 0.0621. The van der Waals surface area contributed by atoms with E-state index in [1.807, 2.05) is 0 Å². The van der Waals surface area contributed by atoms with Crippen molar-refractivity contribution in [2.75, 3.05) is 20.0 Å². The lowest BCUT2D eigenvalue weighted by atomic mass is 9.99. The second-order valence-electron chi connectivity index (χ2n) is 5.37. The van der Waals surface area contributed by atoms with Crippen molar-refractivity contribution in [2.45, 2.75) is 0 Å². The molecule has 0 spiro atoms. The maximum Gasteiger partial charge on any atom is 0.212 e. The summed E-state index contributed by atoms with van der Waals surface area (Å²) in [6.07, 6.45) is 1.58. The first-order chi connectivity index (χ1) is 12.6. The lowest BCUT2D eigenvalue weighted by molar-refractivity contribution is 0.386. The molecule has 0 saturated heterocycles. The van der Waals surface area contributed by atoms with Crippen molar-refractivity contribution < 1.29 is 13.9 Å². The molecule has 3 rings (SSSR count). The zero-order valence-electron chi connectivity index (χ0n) is 14.2.